The lowest BCUT2D eigenvalue weighted by Crippen LogP contribution is -1.89. The van der Waals surface area contributed by atoms with E-state index in [0.717, 1.165) is 0 Å². The van der Waals surface area contributed by atoms with E-state index < -0.39 is 0 Å². The van der Waals surface area contributed by atoms with Gasteiger partial charge in [0.2, 0.25) is 0 Å². The first-order valence-electron chi connectivity index (χ1n) is 4.87. The van der Waals surface area contributed by atoms with Crippen LogP contribution in [-0.2, 0) is 0 Å². The summed E-state index contributed by atoms with van der Waals surface area (Å²) >= 11 is 0. The Morgan fingerprint density at radius 1 is 1.19 bits per heavy atom. The number of hydrogen-bond acceptors (Lipinski definition) is 3. The van der Waals surface area contributed by atoms with Crippen molar-refractivity contribution in [1.29, 1.82) is 0 Å². The van der Waals surface area contributed by atoms with Crippen LogP contribution in [0.4, 0.5) is 0 Å². The maximum Gasteiger partial charge on any atom is 0.133 e. The van der Waals surface area contributed by atoms with Crippen molar-refractivity contribution in [3.8, 4) is 11.5 Å². The molecular weight excluding hydrogens is 204 g/mol. The zero-order chi connectivity index (χ0) is 11.5. The Morgan fingerprint density at radius 3 is 2.44 bits per heavy atom. The van der Waals surface area contributed by atoms with Gasteiger partial charge < -0.3 is 14.9 Å². The third-order valence-electron chi connectivity index (χ3n) is 2.40. The van der Waals surface area contributed by atoms with E-state index in [9.17, 15) is 10.2 Å². The Bertz CT molecular complexity index is 482. The number of benzene rings is 1. The van der Waals surface area contributed by atoms with Crippen LogP contribution >= 0.6 is 0 Å². The van der Waals surface area contributed by atoms with Crippen LogP contribution in [0.15, 0.2) is 48.1 Å². The molecule has 2 rings (SSSR count). The van der Waals surface area contributed by atoms with Gasteiger partial charge in [0.25, 0.3) is 0 Å². The van der Waals surface area contributed by atoms with Gasteiger partial charge in [0.15, 0.2) is 0 Å². The van der Waals surface area contributed by atoms with Gasteiger partial charge >= 0.3 is 0 Å². The van der Waals surface area contributed by atoms with Crippen LogP contribution in [0, 0.1) is 0 Å². The lowest BCUT2D eigenvalue weighted by Gasteiger charge is -2.07. The molecule has 16 heavy (non-hydrogen) atoms. The monoisotopic (exact) mass is 216 g/mol. The Hall–Kier alpha value is -2.16. The number of rotatable bonds is 2. The van der Waals surface area contributed by atoms with Crippen LogP contribution in [0.5, 0.6) is 11.5 Å². The molecule has 1 aliphatic carbocycles. The number of phenolic OH excluding ortho intramolecular Hbond substituents is 1. The lowest BCUT2D eigenvalue weighted by atomic mass is 10.1. The number of aliphatic hydroxyl groups excluding tert-OH is 1. The molecule has 0 radical (unpaired) electrons. The molecular formula is C13H12O3. The first-order chi connectivity index (χ1) is 7.72. The Kier molecular flexibility index (Phi) is 2.68. The molecule has 0 saturated carbocycles. The van der Waals surface area contributed by atoms with Gasteiger partial charge in [-0.3, -0.25) is 0 Å². The molecule has 0 atom stereocenters. The molecule has 3 nitrogen and oxygen atoms in total. The fraction of sp³-hybridized carbons (Fsp3) is 0.0769. The maximum atomic E-state index is 9.94. The Balaban J connectivity index is 2.45. The van der Waals surface area contributed by atoms with Crippen LogP contribution in [0.2, 0.25) is 0 Å². The molecule has 2 N–H and O–H groups in total. The first-order valence-corrected chi connectivity index (χ1v) is 4.87. The van der Waals surface area contributed by atoms with Gasteiger partial charge in [-0.05, 0) is 12.1 Å². The maximum absolute atomic E-state index is 9.94. The molecule has 0 amide bonds. The minimum atomic E-state index is -0.00181. The van der Waals surface area contributed by atoms with E-state index >= 15 is 0 Å². The van der Waals surface area contributed by atoms with E-state index in [0.29, 0.717) is 16.9 Å². The summed E-state index contributed by atoms with van der Waals surface area (Å²) in [4.78, 5) is 0. The second kappa shape index (κ2) is 4.14. The number of ether oxygens (including phenoxy) is 1. The third kappa shape index (κ3) is 1.80. The lowest BCUT2D eigenvalue weighted by molar-refractivity contribution is 0.406. The zero-order valence-electron chi connectivity index (χ0n) is 8.84. The summed E-state index contributed by atoms with van der Waals surface area (Å²) < 4.78 is 4.97. The van der Waals surface area contributed by atoms with Gasteiger partial charge in [0.1, 0.15) is 17.3 Å². The van der Waals surface area contributed by atoms with E-state index in [1.807, 2.05) is 12.2 Å². The molecule has 1 aliphatic rings. The van der Waals surface area contributed by atoms with Gasteiger partial charge in [-0.2, -0.15) is 0 Å². The number of aromatic hydroxyl groups is 1. The van der Waals surface area contributed by atoms with Crippen molar-refractivity contribution in [2.24, 2.45) is 0 Å². The first kappa shape index (κ1) is 10.4. The fourth-order valence-electron chi connectivity index (χ4n) is 1.53. The van der Waals surface area contributed by atoms with Crippen molar-refractivity contribution in [2.45, 2.75) is 0 Å². The summed E-state index contributed by atoms with van der Waals surface area (Å²) in [7, 11) is 1.52. The molecule has 0 bridgehead atoms. The van der Waals surface area contributed by atoms with Gasteiger partial charge in [-0.15, -0.1) is 0 Å². The predicted molar refractivity (Wildman–Crippen MR) is 62.5 cm³/mol. The molecule has 0 fully saturated rings. The molecule has 0 heterocycles. The molecule has 0 spiro atoms. The highest BCUT2D eigenvalue weighted by atomic mass is 16.5. The van der Waals surface area contributed by atoms with Gasteiger partial charge in [0.05, 0.1) is 12.7 Å². The minimum absolute atomic E-state index is 0.00181. The summed E-state index contributed by atoms with van der Waals surface area (Å²) in [6.45, 7) is 0. The van der Waals surface area contributed by atoms with Crippen LogP contribution < -0.4 is 4.74 Å². The second-order valence-corrected chi connectivity index (χ2v) is 3.41. The highest BCUT2D eigenvalue weighted by Crippen LogP contribution is 2.30. The van der Waals surface area contributed by atoms with Crippen molar-refractivity contribution in [2.75, 3.05) is 7.11 Å². The minimum Gasteiger partial charge on any atom is -0.507 e. The summed E-state index contributed by atoms with van der Waals surface area (Å²) in [5.74, 6) is 0.611. The molecule has 0 unspecified atom stereocenters. The normalized spacial score (nSPS) is 13.2. The smallest absolute Gasteiger partial charge is 0.133 e. The number of hydrogen-bond donors (Lipinski definition) is 2. The number of aliphatic hydroxyl groups is 1. The highest BCUT2D eigenvalue weighted by Gasteiger charge is 2.10. The number of phenols is 1. The van der Waals surface area contributed by atoms with Crippen molar-refractivity contribution in [1.82, 2.24) is 0 Å². The highest BCUT2D eigenvalue weighted by molar-refractivity contribution is 5.73. The molecule has 1 aromatic rings. The summed E-state index contributed by atoms with van der Waals surface area (Å²) in [5, 5.41) is 19.7. The van der Waals surface area contributed by atoms with E-state index in [4.69, 9.17) is 4.74 Å². The van der Waals surface area contributed by atoms with Crippen LogP contribution in [-0.4, -0.2) is 17.3 Å². The largest absolute Gasteiger partial charge is 0.507 e. The topological polar surface area (TPSA) is 49.7 Å². The van der Waals surface area contributed by atoms with Gasteiger partial charge in [0, 0.05) is 11.6 Å². The average Bonchev–Trinajstić information content (AvgIpc) is 2.81. The molecule has 0 saturated heterocycles. The quantitative estimate of drug-likeness (QED) is 0.747. The van der Waals surface area contributed by atoms with Crippen molar-refractivity contribution in [3.63, 3.8) is 0 Å². The number of allylic oxidation sites excluding steroid dienone is 5. The van der Waals surface area contributed by atoms with Gasteiger partial charge in [-0.1, -0.05) is 24.3 Å². The van der Waals surface area contributed by atoms with Crippen molar-refractivity contribution >= 4 is 5.76 Å². The van der Waals surface area contributed by atoms with Crippen LogP contribution in [0.3, 0.4) is 0 Å². The zero-order valence-corrected chi connectivity index (χ0v) is 8.84. The predicted octanol–water partition coefficient (Wildman–Crippen LogP) is 2.80. The average molecular weight is 216 g/mol. The Labute approximate surface area is 93.6 Å². The number of methoxy groups -OCH3 is 1. The van der Waals surface area contributed by atoms with Gasteiger partial charge in [-0.25, -0.2) is 0 Å². The van der Waals surface area contributed by atoms with E-state index in [2.05, 4.69) is 0 Å². The molecule has 0 aliphatic heterocycles. The summed E-state index contributed by atoms with van der Waals surface area (Å²) in [6, 6.07) is 4.78. The summed E-state index contributed by atoms with van der Waals surface area (Å²) in [6.07, 6.45) is 7.20. The van der Waals surface area contributed by atoms with Crippen molar-refractivity contribution in [3.05, 3.63) is 53.6 Å². The molecule has 0 aromatic heterocycles. The molecule has 3 heteroatoms. The van der Waals surface area contributed by atoms with Crippen LogP contribution in [0.25, 0.3) is 5.76 Å². The third-order valence-corrected chi connectivity index (χ3v) is 2.40. The molecule has 82 valence electrons. The fourth-order valence-corrected chi connectivity index (χ4v) is 1.53. The summed E-state index contributed by atoms with van der Waals surface area (Å²) in [5.41, 5.74) is 1.08. The standard InChI is InChI=1S/C13H12O3/c1-16-10-6-7-11(12(14)8-10)13(15)9-4-2-3-5-9/h2-8,14-15H,1H3. The second-order valence-electron chi connectivity index (χ2n) is 3.41. The Morgan fingerprint density at radius 2 is 1.88 bits per heavy atom. The van der Waals surface area contributed by atoms with Crippen LogP contribution in [0.1, 0.15) is 5.56 Å². The van der Waals surface area contributed by atoms with E-state index in [1.165, 1.54) is 13.2 Å². The van der Waals surface area contributed by atoms with Crippen molar-refractivity contribution < 1.29 is 14.9 Å². The molecule has 1 aromatic carbocycles. The van der Waals surface area contributed by atoms with E-state index in [-0.39, 0.29) is 11.5 Å². The van der Waals surface area contributed by atoms with E-state index in [1.54, 1.807) is 24.3 Å². The SMILES string of the molecule is COc1ccc(C(O)=C2C=CC=C2)c(O)c1.